The number of carbonyl (C=O) groups excluding carboxylic acids is 1. The van der Waals surface area contributed by atoms with E-state index in [9.17, 15) is 19.1 Å². The van der Waals surface area contributed by atoms with Crippen LogP contribution in [0.5, 0.6) is 5.75 Å². The maximum absolute atomic E-state index is 13.3. The van der Waals surface area contributed by atoms with Gasteiger partial charge in [0.05, 0.1) is 28.5 Å². The van der Waals surface area contributed by atoms with Crippen LogP contribution in [-0.2, 0) is 20.0 Å². The van der Waals surface area contributed by atoms with E-state index in [1.807, 2.05) is 29.8 Å². The molecule has 6 rings (SSSR count). The molecule has 0 saturated heterocycles. The van der Waals surface area contributed by atoms with Gasteiger partial charge >= 0.3 is 6.09 Å². The number of pyridine rings is 1. The molecule has 37 heavy (non-hydrogen) atoms. The summed E-state index contributed by atoms with van der Waals surface area (Å²) >= 11 is 0. The number of nitrogens with zero attached hydrogens (tertiary/aromatic N) is 5. The van der Waals surface area contributed by atoms with Crippen LogP contribution in [0.15, 0.2) is 30.3 Å². The molecule has 1 fully saturated rings. The van der Waals surface area contributed by atoms with E-state index >= 15 is 0 Å². The Kier molecular flexibility index (Phi) is 5.50. The number of aromatic nitrogens is 4. The quantitative estimate of drug-likeness (QED) is 0.353. The second-order valence-electron chi connectivity index (χ2n) is 9.92. The number of fused-ring (bicyclic) bond motifs is 3. The van der Waals surface area contributed by atoms with E-state index in [1.54, 1.807) is 12.1 Å². The number of phenolic OH excluding ortho intramolecular Hbond substituents is 1. The molecule has 2 amide bonds. The summed E-state index contributed by atoms with van der Waals surface area (Å²) in [6.07, 6.45) is 1.46. The molecule has 0 bridgehead atoms. The van der Waals surface area contributed by atoms with Crippen molar-refractivity contribution in [2.24, 2.45) is 13.0 Å². The van der Waals surface area contributed by atoms with Crippen molar-refractivity contribution in [2.75, 3.05) is 19.8 Å². The van der Waals surface area contributed by atoms with Crippen molar-refractivity contribution in [1.82, 2.24) is 29.3 Å². The van der Waals surface area contributed by atoms with Crippen LogP contribution in [-0.4, -0.2) is 72.0 Å². The molecule has 1 aliphatic heterocycles. The Morgan fingerprint density at radius 1 is 1.27 bits per heavy atom. The molecule has 3 aromatic heterocycles. The normalized spacial score (nSPS) is 16.4. The Morgan fingerprint density at radius 2 is 2.08 bits per heavy atom. The molecule has 1 atom stereocenters. The Bertz CT molecular complexity index is 1560. The van der Waals surface area contributed by atoms with E-state index in [0.29, 0.717) is 47.1 Å². The highest BCUT2D eigenvalue weighted by atomic mass is 19.1. The van der Waals surface area contributed by atoms with Crippen LogP contribution < -0.4 is 5.32 Å². The summed E-state index contributed by atoms with van der Waals surface area (Å²) in [5.41, 5.74) is 3.91. The zero-order valence-electron chi connectivity index (χ0n) is 20.3. The number of amides is 2. The highest BCUT2D eigenvalue weighted by Crippen LogP contribution is 2.38. The smallest absolute Gasteiger partial charge is 0.405 e. The number of hydrogen-bond donors (Lipinski definition) is 3. The Labute approximate surface area is 211 Å². The number of benzene rings is 1. The molecule has 11 heteroatoms. The van der Waals surface area contributed by atoms with Crippen LogP contribution in [0.25, 0.3) is 33.6 Å². The van der Waals surface area contributed by atoms with Gasteiger partial charge in [-0.15, -0.1) is 0 Å². The van der Waals surface area contributed by atoms with Crippen LogP contribution in [0.1, 0.15) is 28.9 Å². The number of phenols is 1. The maximum Gasteiger partial charge on any atom is 0.405 e. The van der Waals surface area contributed by atoms with E-state index in [0.717, 1.165) is 36.0 Å². The van der Waals surface area contributed by atoms with E-state index < -0.39 is 18.8 Å². The lowest BCUT2D eigenvalue weighted by Crippen LogP contribution is -2.48. The number of aromatic hydroxyl groups is 1. The van der Waals surface area contributed by atoms with Crippen LogP contribution >= 0.6 is 0 Å². The SMILES string of the molecule is Cn1c(-c2cc3cccc(O)c3n2CC2CC2)nc2cc3c(nc21)CCN(C[C@@H](CF)NC(=O)O)C3=O. The summed E-state index contributed by atoms with van der Waals surface area (Å²) < 4.78 is 17.4. The van der Waals surface area contributed by atoms with Crippen LogP contribution in [0, 0.1) is 5.92 Å². The summed E-state index contributed by atoms with van der Waals surface area (Å²) in [6, 6.07) is 8.24. The molecule has 0 radical (unpaired) electrons. The van der Waals surface area contributed by atoms with Gasteiger partial charge in [-0.25, -0.2) is 19.2 Å². The minimum absolute atomic E-state index is 0.0582. The highest BCUT2D eigenvalue weighted by Gasteiger charge is 2.30. The fourth-order valence-corrected chi connectivity index (χ4v) is 5.25. The third-order valence-corrected chi connectivity index (χ3v) is 7.28. The molecule has 4 heterocycles. The molecule has 1 saturated carbocycles. The van der Waals surface area contributed by atoms with Crippen molar-refractivity contribution in [1.29, 1.82) is 0 Å². The molecule has 1 aromatic carbocycles. The summed E-state index contributed by atoms with van der Waals surface area (Å²) in [5, 5.41) is 22.6. The number of carbonyl (C=O) groups is 2. The lowest BCUT2D eigenvalue weighted by atomic mass is 10.0. The molecule has 10 nitrogen and oxygen atoms in total. The van der Waals surface area contributed by atoms with Crippen LogP contribution in [0.2, 0.25) is 0 Å². The summed E-state index contributed by atoms with van der Waals surface area (Å²) in [5.74, 6) is 1.17. The summed E-state index contributed by atoms with van der Waals surface area (Å²) in [4.78, 5) is 35.2. The number of hydrogen-bond acceptors (Lipinski definition) is 5. The molecule has 0 spiro atoms. The first-order chi connectivity index (χ1) is 17.8. The Hall–Kier alpha value is -4.15. The number of rotatable bonds is 7. The van der Waals surface area contributed by atoms with Gasteiger partial charge in [-0.3, -0.25) is 4.79 Å². The fraction of sp³-hybridized carbons (Fsp3) is 0.385. The molecular weight excluding hydrogens is 479 g/mol. The lowest BCUT2D eigenvalue weighted by Gasteiger charge is -2.30. The van der Waals surface area contributed by atoms with Crippen molar-refractivity contribution in [2.45, 2.75) is 31.8 Å². The Morgan fingerprint density at radius 3 is 2.81 bits per heavy atom. The molecule has 192 valence electrons. The van der Waals surface area contributed by atoms with Crippen LogP contribution in [0.4, 0.5) is 9.18 Å². The molecule has 3 N–H and O–H groups in total. The van der Waals surface area contributed by atoms with Gasteiger partial charge in [0, 0.05) is 38.5 Å². The standard InChI is InChI=1S/C26H27FN6O4/c1-31-23-19(10-17-18(29-23)7-8-32(25(17)35)13-16(11-27)28-26(36)37)30-24(31)20-9-15-3-2-4-21(34)22(15)33(20)12-14-5-6-14/h2-4,9-10,14,16,28,34H,5-8,11-13H2,1H3,(H,36,37)/t16-/m1/s1. The number of para-hydroxylation sites is 1. The number of halogens is 1. The van der Waals surface area contributed by atoms with Crippen molar-refractivity contribution in [3.05, 3.63) is 41.6 Å². The van der Waals surface area contributed by atoms with E-state index in [2.05, 4.69) is 9.88 Å². The average Bonchev–Trinajstić information content (AvgIpc) is 3.54. The van der Waals surface area contributed by atoms with Crippen molar-refractivity contribution in [3.8, 4) is 17.3 Å². The third kappa shape index (κ3) is 4.04. The minimum atomic E-state index is -1.33. The van der Waals surface area contributed by atoms with Crippen molar-refractivity contribution >= 4 is 34.1 Å². The van der Waals surface area contributed by atoms with Crippen molar-refractivity contribution in [3.63, 3.8) is 0 Å². The molecular formula is C26H27FN6O4. The predicted octanol–water partition coefficient (Wildman–Crippen LogP) is 3.31. The molecule has 4 aromatic rings. The van der Waals surface area contributed by atoms with Gasteiger partial charge in [0.25, 0.3) is 5.91 Å². The first kappa shape index (κ1) is 23.3. The summed E-state index contributed by atoms with van der Waals surface area (Å²) in [7, 11) is 1.89. The molecule has 0 unspecified atom stereocenters. The van der Waals surface area contributed by atoms with E-state index in [-0.39, 0.29) is 18.2 Å². The average molecular weight is 507 g/mol. The number of alkyl halides is 1. The minimum Gasteiger partial charge on any atom is -0.506 e. The topological polar surface area (TPSA) is 126 Å². The van der Waals surface area contributed by atoms with Gasteiger partial charge in [0.2, 0.25) is 0 Å². The fourth-order valence-electron chi connectivity index (χ4n) is 5.25. The monoisotopic (exact) mass is 506 g/mol. The van der Waals surface area contributed by atoms with E-state index in [4.69, 9.17) is 15.1 Å². The first-order valence-electron chi connectivity index (χ1n) is 12.4. The second kappa shape index (κ2) is 8.75. The lowest BCUT2D eigenvalue weighted by molar-refractivity contribution is 0.0712. The zero-order valence-corrected chi connectivity index (χ0v) is 20.3. The third-order valence-electron chi connectivity index (χ3n) is 7.28. The largest absolute Gasteiger partial charge is 0.506 e. The second-order valence-corrected chi connectivity index (χ2v) is 9.92. The summed E-state index contributed by atoms with van der Waals surface area (Å²) in [6.45, 7) is 0.143. The first-order valence-corrected chi connectivity index (χ1v) is 12.4. The molecule has 1 aliphatic carbocycles. The van der Waals surface area contributed by atoms with Gasteiger partial charge in [0.15, 0.2) is 11.5 Å². The van der Waals surface area contributed by atoms with Crippen LogP contribution in [0.3, 0.4) is 0 Å². The van der Waals surface area contributed by atoms with E-state index in [1.165, 1.54) is 4.90 Å². The predicted molar refractivity (Wildman–Crippen MR) is 134 cm³/mol. The maximum atomic E-state index is 13.3. The number of carboxylic acid groups (broad SMARTS) is 1. The Balaban J connectivity index is 1.40. The van der Waals surface area contributed by atoms with Crippen molar-refractivity contribution < 1.29 is 24.2 Å². The van der Waals surface area contributed by atoms with Gasteiger partial charge < -0.3 is 29.6 Å². The number of nitrogens with one attached hydrogen (secondary N) is 1. The van der Waals surface area contributed by atoms with Gasteiger partial charge in [0.1, 0.15) is 17.9 Å². The molecule has 2 aliphatic rings. The van der Waals surface area contributed by atoms with Gasteiger partial charge in [-0.2, -0.15) is 0 Å². The highest BCUT2D eigenvalue weighted by molar-refractivity contribution is 5.99. The zero-order chi connectivity index (χ0) is 25.8. The van der Waals surface area contributed by atoms with Gasteiger partial charge in [-0.05, 0) is 37.0 Å². The number of aryl methyl sites for hydroxylation is 1. The van der Waals surface area contributed by atoms with Gasteiger partial charge in [-0.1, -0.05) is 12.1 Å². The number of imidazole rings is 1.